The molecule has 0 bridgehead atoms. The topological polar surface area (TPSA) is 75.6 Å². The minimum Gasteiger partial charge on any atom is -0.481 e. The van der Waals surface area contributed by atoms with Crippen LogP contribution in [0, 0.1) is 5.41 Å². The lowest BCUT2D eigenvalue weighted by Gasteiger charge is -2.32. The van der Waals surface area contributed by atoms with Crippen molar-refractivity contribution in [1.82, 2.24) is 5.32 Å². The average Bonchev–Trinajstić information content (AvgIpc) is 2.27. The molecule has 0 aliphatic heterocycles. The number of aliphatic carboxylic acids is 1. The number of methoxy groups -OCH3 is 1. The zero-order valence-corrected chi connectivity index (χ0v) is 8.91. The van der Waals surface area contributed by atoms with Crippen LogP contribution in [0.25, 0.3) is 0 Å². The predicted molar refractivity (Wildman–Crippen MR) is 53.6 cm³/mol. The first-order valence-corrected chi connectivity index (χ1v) is 5.16. The summed E-state index contributed by atoms with van der Waals surface area (Å²) in [6.07, 6.45) is 3.59. The molecule has 0 saturated heterocycles. The molecule has 0 spiro atoms. The van der Waals surface area contributed by atoms with Crippen molar-refractivity contribution in [1.29, 1.82) is 0 Å². The van der Waals surface area contributed by atoms with E-state index in [1.165, 1.54) is 7.11 Å². The minimum atomic E-state index is -0.821. The molecule has 2 N–H and O–H groups in total. The molecular formula is C10H17NO4. The number of carboxylic acid groups (broad SMARTS) is 1. The van der Waals surface area contributed by atoms with Crippen LogP contribution in [0.2, 0.25) is 0 Å². The highest BCUT2D eigenvalue weighted by Crippen LogP contribution is 2.35. The Kier molecular flexibility index (Phi) is 3.94. The molecule has 0 radical (unpaired) electrons. The van der Waals surface area contributed by atoms with Crippen molar-refractivity contribution in [2.75, 3.05) is 13.7 Å². The Labute approximate surface area is 88.8 Å². The van der Waals surface area contributed by atoms with E-state index in [1.54, 1.807) is 0 Å². The van der Waals surface area contributed by atoms with Crippen molar-refractivity contribution in [2.45, 2.75) is 32.1 Å². The average molecular weight is 215 g/mol. The maximum atomic E-state index is 11.2. The second kappa shape index (κ2) is 5.00. The van der Waals surface area contributed by atoms with Crippen LogP contribution < -0.4 is 5.32 Å². The number of carbonyl (C=O) groups is 2. The van der Waals surface area contributed by atoms with E-state index in [0.717, 1.165) is 19.3 Å². The van der Waals surface area contributed by atoms with E-state index in [4.69, 9.17) is 0 Å². The van der Waals surface area contributed by atoms with Crippen LogP contribution in [-0.4, -0.2) is 30.8 Å². The van der Waals surface area contributed by atoms with E-state index in [2.05, 4.69) is 10.1 Å². The Morgan fingerprint density at radius 2 is 1.93 bits per heavy atom. The molecule has 15 heavy (non-hydrogen) atoms. The van der Waals surface area contributed by atoms with Crippen LogP contribution >= 0.6 is 0 Å². The van der Waals surface area contributed by atoms with Gasteiger partial charge in [-0.3, -0.25) is 4.79 Å². The molecule has 0 unspecified atom stereocenters. The highest BCUT2D eigenvalue weighted by molar-refractivity contribution is 5.76. The number of ether oxygens (including phenoxy) is 1. The standard InChI is InChI=1S/C10H17NO4/c1-15-9(14)11-7-10(8(12)13)5-3-2-4-6-10/h2-7H2,1H3,(H,11,14)(H,12,13). The molecular weight excluding hydrogens is 198 g/mol. The molecule has 1 saturated carbocycles. The molecule has 1 aliphatic carbocycles. The second-order valence-corrected chi connectivity index (χ2v) is 3.99. The smallest absolute Gasteiger partial charge is 0.406 e. The molecule has 5 heteroatoms. The van der Waals surface area contributed by atoms with Gasteiger partial charge in [-0.2, -0.15) is 0 Å². The maximum absolute atomic E-state index is 11.2. The fourth-order valence-electron chi connectivity index (χ4n) is 2.01. The Morgan fingerprint density at radius 3 is 2.40 bits per heavy atom. The van der Waals surface area contributed by atoms with Crippen molar-refractivity contribution in [3.8, 4) is 0 Å². The summed E-state index contributed by atoms with van der Waals surface area (Å²) in [6, 6.07) is 0. The Bertz CT molecular complexity index is 246. The Hall–Kier alpha value is -1.26. The molecule has 0 atom stereocenters. The van der Waals surface area contributed by atoms with E-state index < -0.39 is 17.5 Å². The highest BCUT2D eigenvalue weighted by atomic mass is 16.5. The SMILES string of the molecule is COC(=O)NCC1(C(=O)O)CCCCC1. The van der Waals surface area contributed by atoms with E-state index in [1.807, 2.05) is 0 Å². The van der Waals surface area contributed by atoms with Gasteiger partial charge in [0.15, 0.2) is 0 Å². The number of rotatable bonds is 3. The molecule has 5 nitrogen and oxygen atoms in total. The van der Waals surface area contributed by atoms with Crippen molar-refractivity contribution >= 4 is 12.1 Å². The summed E-state index contributed by atoms with van der Waals surface area (Å²) in [5, 5.41) is 11.7. The fraction of sp³-hybridized carbons (Fsp3) is 0.800. The number of alkyl carbamates (subject to hydrolysis) is 1. The molecule has 0 aromatic carbocycles. The van der Waals surface area contributed by atoms with Gasteiger partial charge >= 0.3 is 12.1 Å². The summed E-state index contributed by atoms with van der Waals surface area (Å²) < 4.78 is 4.42. The van der Waals surface area contributed by atoms with Gasteiger partial charge in [0, 0.05) is 6.54 Å². The molecule has 1 fully saturated rings. The van der Waals surface area contributed by atoms with Gasteiger partial charge < -0.3 is 15.2 Å². The number of hydrogen-bond donors (Lipinski definition) is 2. The number of amides is 1. The quantitative estimate of drug-likeness (QED) is 0.745. The van der Waals surface area contributed by atoms with E-state index >= 15 is 0 Å². The third kappa shape index (κ3) is 2.84. The number of nitrogens with one attached hydrogen (secondary N) is 1. The van der Waals surface area contributed by atoms with Gasteiger partial charge in [-0.15, -0.1) is 0 Å². The second-order valence-electron chi connectivity index (χ2n) is 3.99. The molecule has 0 heterocycles. The summed E-state index contributed by atoms with van der Waals surface area (Å²) in [4.78, 5) is 22.1. The number of hydrogen-bond acceptors (Lipinski definition) is 3. The zero-order chi connectivity index (χ0) is 11.3. The van der Waals surface area contributed by atoms with Gasteiger partial charge in [-0.05, 0) is 12.8 Å². The van der Waals surface area contributed by atoms with Gasteiger partial charge in [-0.25, -0.2) is 4.79 Å². The van der Waals surface area contributed by atoms with Crippen molar-refractivity contribution < 1.29 is 19.4 Å². The molecule has 1 amide bonds. The summed E-state index contributed by atoms with van der Waals surface area (Å²) in [6.45, 7) is 0.162. The third-order valence-corrected chi connectivity index (χ3v) is 3.02. The summed E-state index contributed by atoms with van der Waals surface area (Å²) in [5.74, 6) is -0.821. The Balaban J connectivity index is 2.57. The summed E-state index contributed by atoms with van der Waals surface area (Å²) >= 11 is 0. The molecule has 0 aromatic rings. The lowest BCUT2D eigenvalue weighted by molar-refractivity contribution is -0.150. The summed E-state index contributed by atoms with van der Waals surface area (Å²) in [5.41, 5.74) is -0.785. The van der Waals surface area contributed by atoms with Gasteiger partial charge in [-0.1, -0.05) is 19.3 Å². The maximum Gasteiger partial charge on any atom is 0.406 e. The highest BCUT2D eigenvalue weighted by Gasteiger charge is 2.39. The van der Waals surface area contributed by atoms with Gasteiger partial charge in [0.05, 0.1) is 12.5 Å². The first kappa shape index (κ1) is 11.8. The number of carbonyl (C=O) groups excluding carboxylic acids is 1. The van der Waals surface area contributed by atoms with Crippen molar-refractivity contribution in [3.63, 3.8) is 0 Å². The monoisotopic (exact) mass is 215 g/mol. The lowest BCUT2D eigenvalue weighted by Crippen LogP contribution is -2.44. The first-order valence-electron chi connectivity index (χ1n) is 5.16. The molecule has 86 valence electrons. The van der Waals surface area contributed by atoms with Crippen LogP contribution in [-0.2, 0) is 9.53 Å². The van der Waals surface area contributed by atoms with Crippen LogP contribution in [0.4, 0.5) is 4.79 Å². The van der Waals surface area contributed by atoms with Gasteiger partial charge in [0.25, 0.3) is 0 Å². The predicted octanol–water partition coefficient (Wildman–Crippen LogP) is 1.38. The minimum absolute atomic E-state index is 0.162. The lowest BCUT2D eigenvalue weighted by atomic mass is 9.74. The van der Waals surface area contributed by atoms with Crippen molar-refractivity contribution in [2.24, 2.45) is 5.41 Å². The normalized spacial score (nSPS) is 19.3. The van der Waals surface area contributed by atoms with Gasteiger partial charge in [0.2, 0.25) is 0 Å². The first-order chi connectivity index (χ1) is 7.10. The van der Waals surface area contributed by atoms with Gasteiger partial charge in [0.1, 0.15) is 0 Å². The number of carboxylic acids is 1. The van der Waals surface area contributed by atoms with E-state index in [0.29, 0.717) is 12.8 Å². The van der Waals surface area contributed by atoms with Crippen LogP contribution in [0.1, 0.15) is 32.1 Å². The molecule has 0 aromatic heterocycles. The van der Waals surface area contributed by atoms with Crippen LogP contribution in [0.5, 0.6) is 0 Å². The van der Waals surface area contributed by atoms with E-state index in [-0.39, 0.29) is 6.54 Å². The summed E-state index contributed by atoms with van der Waals surface area (Å²) in [7, 11) is 1.27. The van der Waals surface area contributed by atoms with Crippen LogP contribution in [0.15, 0.2) is 0 Å². The molecule has 1 aliphatic rings. The van der Waals surface area contributed by atoms with Crippen LogP contribution in [0.3, 0.4) is 0 Å². The third-order valence-electron chi connectivity index (χ3n) is 3.02. The Morgan fingerprint density at radius 1 is 1.33 bits per heavy atom. The fourth-order valence-corrected chi connectivity index (χ4v) is 2.01. The zero-order valence-electron chi connectivity index (χ0n) is 8.91. The van der Waals surface area contributed by atoms with Crippen molar-refractivity contribution in [3.05, 3.63) is 0 Å². The van der Waals surface area contributed by atoms with E-state index in [9.17, 15) is 14.7 Å². The largest absolute Gasteiger partial charge is 0.481 e. The molecule has 1 rings (SSSR count).